The topological polar surface area (TPSA) is 21.3 Å². The Kier molecular flexibility index (Phi) is 8.52. The van der Waals surface area contributed by atoms with Gasteiger partial charge in [-0.1, -0.05) is 57.4 Å². The maximum absolute atomic E-state index is 5.70. The molecule has 0 aliphatic rings. The maximum Gasteiger partial charge on any atom is 0.0716 e. The SMILES string of the molecule is CCCCCCOCc1ccc(C(C)CNC)cc1. The van der Waals surface area contributed by atoms with Gasteiger partial charge < -0.3 is 10.1 Å². The van der Waals surface area contributed by atoms with Gasteiger partial charge in [-0.15, -0.1) is 0 Å². The molecular formula is C17H29NO. The van der Waals surface area contributed by atoms with Crippen molar-refractivity contribution in [1.29, 1.82) is 0 Å². The zero-order chi connectivity index (χ0) is 13.9. The molecule has 19 heavy (non-hydrogen) atoms. The van der Waals surface area contributed by atoms with Gasteiger partial charge in [-0.05, 0) is 30.5 Å². The highest BCUT2D eigenvalue weighted by Gasteiger charge is 2.03. The van der Waals surface area contributed by atoms with Crippen LogP contribution in [0, 0.1) is 0 Å². The summed E-state index contributed by atoms with van der Waals surface area (Å²) in [5.41, 5.74) is 2.66. The fourth-order valence-electron chi connectivity index (χ4n) is 2.19. The molecule has 0 amide bonds. The molecule has 0 bridgehead atoms. The molecule has 0 heterocycles. The van der Waals surface area contributed by atoms with E-state index in [0.29, 0.717) is 5.92 Å². The molecule has 1 aromatic rings. The summed E-state index contributed by atoms with van der Waals surface area (Å²) < 4.78 is 5.70. The first kappa shape index (κ1) is 16.2. The molecule has 0 saturated heterocycles. The number of hydrogen-bond acceptors (Lipinski definition) is 2. The van der Waals surface area contributed by atoms with Gasteiger partial charge in [0.2, 0.25) is 0 Å². The summed E-state index contributed by atoms with van der Waals surface area (Å²) >= 11 is 0. The monoisotopic (exact) mass is 263 g/mol. The second-order valence-corrected chi connectivity index (χ2v) is 5.31. The van der Waals surface area contributed by atoms with Crippen molar-refractivity contribution in [3.63, 3.8) is 0 Å². The van der Waals surface area contributed by atoms with E-state index < -0.39 is 0 Å². The number of ether oxygens (including phenoxy) is 1. The van der Waals surface area contributed by atoms with Crippen molar-refractivity contribution in [3.05, 3.63) is 35.4 Å². The van der Waals surface area contributed by atoms with E-state index in [-0.39, 0.29) is 0 Å². The van der Waals surface area contributed by atoms with Crippen molar-refractivity contribution < 1.29 is 4.74 Å². The second kappa shape index (κ2) is 9.99. The van der Waals surface area contributed by atoms with Crippen molar-refractivity contribution in [1.82, 2.24) is 5.32 Å². The summed E-state index contributed by atoms with van der Waals surface area (Å²) in [6.45, 7) is 7.13. The van der Waals surface area contributed by atoms with Gasteiger partial charge in [-0.3, -0.25) is 0 Å². The van der Waals surface area contributed by atoms with E-state index in [9.17, 15) is 0 Å². The molecule has 0 aliphatic heterocycles. The van der Waals surface area contributed by atoms with Crippen molar-refractivity contribution in [2.45, 2.75) is 52.1 Å². The standard InChI is InChI=1S/C17H29NO/c1-4-5-6-7-12-19-14-16-8-10-17(11-9-16)15(2)13-18-3/h8-11,15,18H,4-7,12-14H2,1-3H3. The highest BCUT2D eigenvalue weighted by Crippen LogP contribution is 2.15. The third-order valence-corrected chi connectivity index (χ3v) is 3.47. The lowest BCUT2D eigenvalue weighted by atomic mass is 10.00. The Morgan fingerprint density at radius 3 is 2.47 bits per heavy atom. The number of hydrogen-bond donors (Lipinski definition) is 1. The molecule has 0 saturated carbocycles. The number of rotatable bonds is 10. The van der Waals surface area contributed by atoms with E-state index in [1.54, 1.807) is 0 Å². The minimum atomic E-state index is 0.564. The highest BCUT2D eigenvalue weighted by atomic mass is 16.5. The molecule has 0 aromatic heterocycles. The molecular weight excluding hydrogens is 234 g/mol. The second-order valence-electron chi connectivity index (χ2n) is 5.31. The first-order valence-electron chi connectivity index (χ1n) is 7.59. The first-order valence-corrected chi connectivity index (χ1v) is 7.59. The van der Waals surface area contributed by atoms with Crippen LogP contribution in [0.15, 0.2) is 24.3 Å². The van der Waals surface area contributed by atoms with Gasteiger partial charge in [-0.25, -0.2) is 0 Å². The van der Waals surface area contributed by atoms with Crippen molar-refractivity contribution in [2.24, 2.45) is 0 Å². The predicted octanol–water partition coefficient (Wildman–Crippen LogP) is 4.11. The smallest absolute Gasteiger partial charge is 0.0716 e. The number of benzene rings is 1. The molecule has 2 heteroatoms. The van der Waals surface area contributed by atoms with E-state index in [1.165, 1.54) is 36.8 Å². The summed E-state index contributed by atoms with van der Waals surface area (Å²) in [5, 5.41) is 3.21. The molecule has 0 radical (unpaired) electrons. The third kappa shape index (κ3) is 6.74. The van der Waals surface area contributed by atoms with Crippen LogP contribution in [0.1, 0.15) is 56.6 Å². The van der Waals surface area contributed by atoms with Crippen LogP contribution in [0.5, 0.6) is 0 Å². The van der Waals surface area contributed by atoms with Crippen LogP contribution >= 0.6 is 0 Å². The molecule has 1 atom stereocenters. The van der Waals surface area contributed by atoms with Crippen LogP contribution in [0.3, 0.4) is 0 Å². The van der Waals surface area contributed by atoms with Gasteiger partial charge >= 0.3 is 0 Å². The van der Waals surface area contributed by atoms with Crippen molar-refractivity contribution >= 4 is 0 Å². The summed E-state index contributed by atoms with van der Waals surface area (Å²) in [5.74, 6) is 0.564. The normalized spacial score (nSPS) is 12.6. The summed E-state index contributed by atoms with van der Waals surface area (Å²) in [4.78, 5) is 0. The van der Waals surface area contributed by atoms with E-state index in [0.717, 1.165) is 19.8 Å². The molecule has 1 aromatic carbocycles. The summed E-state index contributed by atoms with van der Waals surface area (Å²) in [6.07, 6.45) is 5.08. The highest BCUT2D eigenvalue weighted by molar-refractivity contribution is 5.24. The lowest BCUT2D eigenvalue weighted by Gasteiger charge is -2.12. The largest absolute Gasteiger partial charge is 0.377 e. The van der Waals surface area contributed by atoms with Crippen molar-refractivity contribution in [2.75, 3.05) is 20.2 Å². The van der Waals surface area contributed by atoms with Crippen LogP contribution < -0.4 is 5.32 Å². The van der Waals surface area contributed by atoms with Gasteiger partial charge in [0, 0.05) is 13.2 Å². The van der Waals surface area contributed by atoms with Crippen LogP contribution in [0.2, 0.25) is 0 Å². The molecule has 0 aliphatic carbocycles. The van der Waals surface area contributed by atoms with Gasteiger partial charge in [0.15, 0.2) is 0 Å². The quantitative estimate of drug-likeness (QED) is 0.642. The fraction of sp³-hybridized carbons (Fsp3) is 0.647. The Labute approximate surface area is 118 Å². The molecule has 0 fully saturated rings. The Morgan fingerprint density at radius 1 is 1.11 bits per heavy atom. The van der Waals surface area contributed by atoms with E-state index in [2.05, 4.69) is 43.4 Å². The number of likely N-dealkylation sites (N-methyl/N-ethyl adjacent to an activating group) is 1. The Balaban J connectivity index is 2.24. The van der Waals surface area contributed by atoms with E-state index >= 15 is 0 Å². The van der Waals surface area contributed by atoms with Gasteiger partial charge in [-0.2, -0.15) is 0 Å². The lowest BCUT2D eigenvalue weighted by molar-refractivity contribution is 0.117. The van der Waals surface area contributed by atoms with Crippen LogP contribution in [-0.4, -0.2) is 20.2 Å². The van der Waals surface area contributed by atoms with Crippen LogP contribution in [0.25, 0.3) is 0 Å². The molecule has 1 rings (SSSR count). The average molecular weight is 263 g/mol. The first-order chi connectivity index (χ1) is 9.27. The molecule has 2 nitrogen and oxygen atoms in total. The minimum absolute atomic E-state index is 0.564. The Morgan fingerprint density at radius 2 is 1.84 bits per heavy atom. The lowest BCUT2D eigenvalue weighted by Crippen LogP contribution is -2.14. The maximum atomic E-state index is 5.70. The van der Waals surface area contributed by atoms with Gasteiger partial charge in [0.1, 0.15) is 0 Å². The van der Waals surface area contributed by atoms with Crippen molar-refractivity contribution in [3.8, 4) is 0 Å². The molecule has 0 spiro atoms. The Hall–Kier alpha value is -0.860. The van der Waals surface area contributed by atoms with E-state index in [1.807, 2.05) is 7.05 Å². The minimum Gasteiger partial charge on any atom is -0.377 e. The molecule has 1 N–H and O–H groups in total. The van der Waals surface area contributed by atoms with Crippen LogP contribution in [0.4, 0.5) is 0 Å². The average Bonchev–Trinajstić information content (AvgIpc) is 2.43. The molecule has 108 valence electrons. The van der Waals surface area contributed by atoms with Gasteiger partial charge in [0.05, 0.1) is 6.61 Å². The van der Waals surface area contributed by atoms with Crippen LogP contribution in [-0.2, 0) is 11.3 Å². The predicted molar refractivity (Wildman–Crippen MR) is 82.6 cm³/mol. The third-order valence-electron chi connectivity index (χ3n) is 3.47. The molecule has 1 unspecified atom stereocenters. The fourth-order valence-corrected chi connectivity index (χ4v) is 2.19. The summed E-state index contributed by atoms with van der Waals surface area (Å²) in [7, 11) is 2.00. The summed E-state index contributed by atoms with van der Waals surface area (Å²) in [6, 6.07) is 8.82. The number of nitrogens with one attached hydrogen (secondary N) is 1. The van der Waals surface area contributed by atoms with E-state index in [4.69, 9.17) is 4.74 Å². The van der Waals surface area contributed by atoms with Gasteiger partial charge in [0.25, 0.3) is 0 Å². The zero-order valence-corrected chi connectivity index (χ0v) is 12.7. The number of unbranched alkanes of at least 4 members (excludes halogenated alkanes) is 3. The zero-order valence-electron chi connectivity index (χ0n) is 12.7. The Bertz CT molecular complexity index is 321.